The molecular formula is C16H18N4O. The third kappa shape index (κ3) is 3.02. The van der Waals surface area contributed by atoms with E-state index in [1.165, 1.54) is 5.56 Å². The van der Waals surface area contributed by atoms with Crippen molar-refractivity contribution in [1.82, 2.24) is 9.97 Å². The van der Waals surface area contributed by atoms with Gasteiger partial charge in [-0.1, -0.05) is 18.2 Å². The molecule has 108 valence electrons. The van der Waals surface area contributed by atoms with Crippen molar-refractivity contribution in [1.29, 1.82) is 0 Å². The second-order valence-corrected chi connectivity index (χ2v) is 5.36. The number of benzene rings is 1. The zero-order valence-electron chi connectivity index (χ0n) is 12.2. The van der Waals surface area contributed by atoms with Gasteiger partial charge in [-0.2, -0.15) is 0 Å². The largest absolute Gasteiger partial charge is 0.369 e. The van der Waals surface area contributed by atoms with Gasteiger partial charge in [0.25, 0.3) is 0 Å². The average Bonchev–Trinajstić information content (AvgIpc) is 2.43. The van der Waals surface area contributed by atoms with Crippen LogP contribution >= 0.6 is 0 Å². The lowest BCUT2D eigenvalue weighted by Crippen LogP contribution is -2.27. The maximum atomic E-state index is 11.8. The van der Waals surface area contributed by atoms with Gasteiger partial charge >= 0.3 is 0 Å². The van der Waals surface area contributed by atoms with Crippen LogP contribution in [0.15, 0.2) is 30.3 Å². The molecule has 2 N–H and O–H groups in total. The molecule has 1 amide bonds. The van der Waals surface area contributed by atoms with Crippen molar-refractivity contribution in [2.45, 2.75) is 26.2 Å². The first-order valence-electron chi connectivity index (χ1n) is 7.07. The molecule has 5 nitrogen and oxygen atoms in total. The van der Waals surface area contributed by atoms with Crippen molar-refractivity contribution >= 4 is 17.4 Å². The highest BCUT2D eigenvalue weighted by molar-refractivity contribution is 5.94. The SMILES string of the molecule is Cc1cc(NC[C@H]2CC(=O)Nc3ccccc32)nc(C)n1. The summed E-state index contributed by atoms with van der Waals surface area (Å²) in [6.07, 6.45) is 0.493. The molecule has 2 heterocycles. The number of nitrogens with zero attached hydrogens (tertiary/aromatic N) is 2. The molecule has 3 rings (SSSR count). The lowest BCUT2D eigenvalue weighted by molar-refractivity contribution is -0.116. The van der Waals surface area contributed by atoms with Gasteiger partial charge in [-0.3, -0.25) is 4.79 Å². The van der Waals surface area contributed by atoms with Crippen molar-refractivity contribution in [3.8, 4) is 0 Å². The van der Waals surface area contributed by atoms with E-state index in [4.69, 9.17) is 0 Å². The molecule has 0 radical (unpaired) electrons. The molecule has 1 atom stereocenters. The fourth-order valence-electron chi connectivity index (χ4n) is 2.72. The Labute approximate surface area is 123 Å². The van der Waals surface area contributed by atoms with Crippen LogP contribution in [-0.2, 0) is 4.79 Å². The summed E-state index contributed by atoms with van der Waals surface area (Å²) >= 11 is 0. The van der Waals surface area contributed by atoms with Crippen molar-refractivity contribution in [3.05, 3.63) is 47.4 Å². The van der Waals surface area contributed by atoms with E-state index in [9.17, 15) is 4.79 Å². The summed E-state index contributed by atoms with van der Waals surface area (Å²) in [6.45, 7) is 4.51. The minimum Gasteiger partial charge on any atom is -0.369 e. The maximum absolute atomic E-state index is 11.8. The van der Waals surface area contributed by atoms with E-state index in [-0.39, 0.29) is 11.8 Å². The number of hydrogen-bond donors (Lipinski definition) is 2. The van der Waals surface area contributed by atoms with Crippen LogP contribution in [0, 0.1) is 13.8 Å². The number of nitrogens with one attached hydrogen (secondary N) is 2. The molecule has 2 aromatic rings. The Morgan fingerprint density at radius 1 is 1.29 bits per heavy atom. The Morgan fingerprint density at radius 3 is 2.90 bits per heavy atom. The minimum atomic E-state index is 0.0653. The van der Waals surface area contributed by atoms with Gasteiger partial charge in [0, 0.05) is 36.3 Å². The van der Waals surface area contributed by atoms with Crippen molar-refractivity contribution in [2.75, 3.05) is 17.2 Å². The summed E-state index contributed by atoms with van der Waals surface area (Å²) in [6, 6.07) is 9.87. The number of carbonyl (C=O) groups excluding carboxylic acids is 1. The van der Waals surface area contributed by atoms with Crippen LogP contribution in [0.2, 0.25) is 0 Å². The van der Waals surface area contributed by atoms with Gasteiger partial charge in [0.1, 0.15) is 11.6 Å². The standard InChI is InChI=1S/C16H18N4O/c1-10-7-15(19-11(2)18-10)17-9-12-8-16(21)20-14-6-4-3-5-13(12)14/h3-7,12H,8-9H2,1-2H3,(H,20,21)(H,17,18,19)/t12-/m1/s1. The fraction of sp³-hybridized carbons (Fsp3) is 0.312. The van der Waals surface area contributed by atoms with E-state index in [0.717, 1.165) is 23.0 Å². The van der Waals surface area contributed by atoms with Crippen molar-refractivity contribution in [2.24, 2.45) is 0 Å². The molecule has 0 saturated heterocycles. The average molecular weight is 282 g/mol. The number of carbonyl (C=O) groups is 1. The highest BCUT2D eigenvalue weighted by Gasteiger charge is 2.24. The minimum absolute atomic E-state index is 0.0653. The Morgan fingerprint density at radius 2 is 2.10 bits per heavy atom. The van der Waals surface area contributed by atoms with Gasteiger partial charge in [0.15, 0.2) is 0 Å². The predicted octanol–water partition coefficient (Wildman–Crippen LogP) is 2.63. The predicted molar refractivity (Wildman–Crippen MR) is 82.4 cm³/mol. The third-order valence-corrected chi connectivity index (χ3v) is 3.60. The first-order chi connectivity index (χ1) is 10.1. The Kier molecular flexibility index (Phi) is 3.56. The molecule has 1 aromatic heterocycles. The van der Waals surface area contributed by atoms with E-state index in [1.54, 1.807) is 0 Å². The highest BCUT2D eigenvalue weighted by atomic mass is 16.1. The highest BCUT2D eigenvalue weighted by Crippen LogP contribution is 2.31. The monoisotopic (exact) mass is 282 g/mol. The molecule has 0 saturated carbocycles. The summed E-state index contributed by atoms with van der Waals surface area (Å²) in [5, 5.41) is 6.24. The van der Waals surface area contributed by atoms with Crippen molar-refractivity contribution < 1.29 is 4.79 Å². The molecule has 0 spiro atoms. The van der Waals surface area contributed by atoms with Gasteiger partial charge in [-0.25, -0.2) is 9.97 Å². The van der Waals surface area contributed by atoms with Gasteiger partial charge < -0.3 is 10.6 Å². The van der Waals surface area contributed by atoms with E-state index in [1.807, 2.05) is 38.1 Å². The maximum Gasteiger partial charge on any atom is 0.225 e. The van der Waals surface area contributed by atoms with Crippen LogP contribution < -0.4 is 10.6 Å². The number of amides is 1. The molecule has 0 aliphatic carbocycles. The van der Waals surface area contributed by atoms with Crippen LogP contribution in [0.4, 0.5) is 11.5 Å². The van der Waals surface area contributed by atoms with Crippen LogP contribution in [0.5, 0.6) is 0 Å². The number of hydrogen-bond acceptors (Lipinski definition) is 4. The summed E-state index contributed by atoms with van der Waals surface area (Å²) in [5.41, 5.74) is 3.02. The Balaban J connectivity index is 1.77. The quantitative estimate of drug-likeness (QED) is 0.908. The number of anilines is 2. The number of fused-ring (bicyclic) bond motifs is 1. The van der Waals surface area contributed by atoms with Crippen molar-refractivity contribution in [3.63, 3.8) is 0 Å². The molecule has 1 aliphatic heterocycles. The van der Waals surface area contributed by atoms with Crippen LogP contribution in [0.3, 0.4) is 0 Å². The summed E-state index contributed by atoms with van der Waals surface area (Å²) in [7, 11) is 0. The van der Waals surface area contributed by atoms with Crippen LogP contribution in [-0.4, -0.2) is 22.4 Å². The second kappa shape index (κ2) is 5.52. The fourth-order valence-corrected chi connectivity index (χ4v) is 2.72. The summed E-state index contributed by atoms with van der Waals surface area (Å²) < 4.78 is 0. The molecule has 21 heavy (non-hydrogen) atoms. The van der Waals surface area contributed by atoms with E-state index in [0.29, 0.717) is 13.0 Å². The first-order valence-corrected chi connectivity index (χ1v) is 7.07. The first kappa shape index (κ1) is 13.5. The smallest absolute Gasteiger partial charge is 0.225 e. The Bertz CT molecular complexity index is 663. The summed E-state index contributed by atoms with van der Waals surface area (Å²) in [5.74, 6) is 1.78. The molecule has 0 bridgehead atoms. The molecule has 5 heteroatoms. The van der Waals surface area contributed by atoms with Gasteiger partial charge in [-0.05, 0) is 25.5 Å². The van der Waals surface area contributed by atoms with Crippen LogP contribution in [0.1, 0.15) is 29.4 Å². The topological polar surface area (TPSA) is 66.9 Å². The number of aromatic nitrogens is 2. The zero-order chi connectivity index (χ0) is 14.8. The third-order valence-electron chi connectivity index (χ3n) is 3.60. The zero-order valence-corrected chi connectivity index (χ0v) is 12.2. The van der Waals surface area contributed by atoms with Crippen LogP contribution in [0.25, 0.3) is 0 Å². The van der Waals surface area contributed by atoms with E-state index < -0.39 is 0 Å². The molecule has 1 aliphatic rings. The molecule has 1 aromatic carbocycles. The van der Waals surface area contributed by atoms with E-state index >= 15 is 0 Å². The number of para-hydroxylation sites is 1. The Hall–Kier alpha value is -2.43. The molecule has 0 unspecified atom stereocenters. The van der Waals surface area contributed by atoms with Gasteiger partial charge in [-0.15, -0.1) is 0 Å². The number of rotatable bonds is 3. The lowest BCUT2D eigenvalue weighted by Gasteiger charge is -2.25. The van der Waals surface area contributed by atoms with E-state index in [2.05, 4.69) is 26.7 Å². The molecule has 0 fully saturated rings. The summed E-state index contributed by atoms with van der Waals surface area (Å²) in [4.78, 5) is 20.4. The molecular weight excluding hydrogens is 264 g/mol. The van der Waals surface area contributed by atoms with Gasteiger partial charge in [0.05, 0.1) is 0 Å². The lowest BCUT2D eigenvalue weighted by atomic mass is 9.90. The number of aryl methyl sites for hydroxylation is 2. The normalized spacial score (nSPS) is 17.0. The van der Waals surface area contributed by atoms with Gasteiger partial charge in [0.2, 0.25) is 5.91 Å². The second-order valence-electron chi connectivity index (χ2n) is 5.36.